The number of nitrogens with zero attached hydrogens (tertiary/aromatic N) is 3. The van der Waals surface area contributed by atoms with Gasteiger partial charge in [0.15, 0.2) is 5.82 Å². The molecule has 0 bridgehead atoms. The van der Waals surface area contributed by atoms with Crippen molar-refractivity contribution in [1.29, 1.82) is 0 Å². The Labute approximate surface area is 105 Å². The van der Waals surface area contributed by atoms with Gasteiger partial charge in [-0.3, -0.25) is 4.40 Å². The van der Waals surface area contributed by atoms with E-state index < -0.39 is 10.0 Å². The Hall–Kier alpha value is -1.64. The molecule has 0 fully saturated rings. The van der Waals surface area contributed by atoms with Gasteiger partial charge in [0.1, 0.15) is 5.65 Å². The van der Waals surface area contributed by atoms with Gasteiger partial charge in [-0.2, -0.15) is 4.31 Å². The number of nitrogens with two attached hydrogens (primary N) is 1. The third-order valence-electron chi connectivity index (χ3n) is 2.72. The topological polar surface area (TPSA) is 92.7 Å². The first-order valence-electron chi connectivity index (χ1n) is 5.42. The zero-order valence-electron chi connectivity index (χ0n) is 10.2. The fourth-order valence-corrected chi connectivity index (χ4v) is 3.02. The van der Waals surface area contributed by atoms with Gasteiger partial charge in [-0.15, -0.1) is 0 Å². The summed E-state index contributed by atoms with van der Waals surface area (Å²) in [7, 11) is -2.11. The van der Waals surface area contributed by atoms with Gasteiger partial charge in [0.25, 0.3) is 10.0 Å². The van der Waals surface area contributed by atoms with Gasteiger partial charge in [0.05, 0.1) is 0 Å². The lowest BCUT2D eigenvalue weighted by Crippen LogP contribution is -2.28. The first kappa shape index (κ1) is 12.8. The van der Waals surface area contributed by atoms with Crippen LogP contribution in [0.2, 0.25) is 0 Å². The molecule has 2 rings (SSSR count). The van der Waals surface area contributed by atoms with E-state index in [1.807, 2.05) is 0 Å². The molecular weight excluding hydrogens is 254 g/mol. The highest BCUT2D eigenvalue weighted by atomic mass is 32.2. The molecule has 2 aromatic heterocycles. The molecule has 0 aliphatic carbocycles. The lowest BCUT2D eigenvalue weighted by atomic mass is 10.5. The Bertz CT molecular complexity index is 664. The van der Waals surface area contributed by atoms with Gasteiger partial charge in [-0.25, -0.2) is 19.2 Å². The molecule has 7 nitrogen and oxygen atoms in total. The Morgan fingerprint density at radius 2 is 2.22 bits per heavy atom. The maximum absolute atomic E-state index is 12.4. The summed E-state index contributed by atoms with van der Waals surface area (Å²) in [6, 6.07) is 5.23. The average Bonchev–Trinajstić information content (AvgIpc) is 2.76. The lowest BCUT2D eigenvalue weighted by molar-refractivity contribution is 0.482. The van der Waals surface area contributed by atoms with Crippen molar-refractivity contribution in [3.63, 3.8) is 0 Å². The van der Waals surface area contributed by atoms with E-state index in [-0.39, 0.29) is 10.8 Å². The Balaban J connectivity index is 2.77. The van der Waals surface area contributed by atoms with Crippen LogP contribution in [0.25, 0.3) is 5.65 Å². The smallest absolute Gasteiger partial charge is 0.262 e. The lowest BCUT2D eigenvalue weighted by Gasteiger charge is -2.15. The Kier molecular flexibility index (Phi) is 3.24. The number of imidazole rings is 1. The summed E-state index contributed by atoms with van der Waals surface area (Å²) >= 11 is 0. The minimum absolute atomic E-state index is 0.0463. The highest BCUT2D eigenvalue weighted by molar-refractivity contribution is 7.89. The van der Waals surface area contributed by atoms with Gasteiger partial charge < -0.3 is 5.43 Å². The van der Waals surface area contributed by atoms with Crippen LogP contribution in [0.1, 0.15) is 6.92 Å². The normalized spacial score (nSPS) is 12.2. The van der Waals surface area contributed by atoms with E-state index in [1.54, 1.807) is 31.3 Å². The number of aromatic nitrogens is 2. The van der Waals surface area contributed by atoms with Crippen LogP contribution < -0.4 is 11.3 Å². The molecule has 2 aromatic rings. The molecule has 98 valence electrons. The van der Waals surface area contributed by atoms with E-state index in [4.69, 9.17) is 5.84 Å². The zero-order chi connectivity index (χ0) is 13.3. The van der Waals surface area contributed by atoms with Gasteiger partial charge in [0.2, 0.25) is 5.03 Å². The van der Waals surface area contributed by atoms with Gasteiger partial charge in [-0.1, -0.05) is 13.0 Å². The standard InChI is InChI=1S/C10H15N5O2S/c1-3-14(2)18(16,17)10-9(13-11)12-8-6-4-5-7-15(8)10/h4-7,13H,3,11H2,1-2H3. The van der Waals surface area contributed by atoms with Crippen LogP contribution in [0.4, 0.5) is 5.82 Å². The number of hydrogen-bond acceptors (Lipinski definition) is 5. The molecule has 0 radical (unpaired) electrons. The van der Waals surface area contributed by atoms with E-state index in [2.05, 4.69) is 10.4 Å². The number of nitrogens with one attached hydrogen (secondary N) is 1. The van der Waals surface area contributed by atoms with Crippen LogP contribution in [0, 0.1) is 0 Å². The number of anilines is 1. The summed E-state index contributed by atoms with van der Waals surface area (Å²) in [6.07, 6.45) is 1.64. The molecular formula is C10H15N5O2S. The third-order valence-corrected chi connectivity index (χ3v) is 4.68. The van der Waals surface area contributed by atoms with Gasteiger partial charge in [-0.05, 0) is 12.1 Å². The third kappa shape index (κ3) is 1.84. The van der Waals surface area contributed by atoms with Crippen molar-refractivity contribution in [3.05, 3.63) is 24.4 Å². The van der Waals surface area contributed by atoms with Crippen LogP contribution >= 0.6 is 0 Å². The summed E-state index contributed by atoms with van der Waals surface area (Å²) in [5, 5.41) is 0.0463. The SMILES string of the molecule is CCN(C)S(=O)(=O)c1c(NN)nc2ccccn12. The van der Waals surface area contributed by atoms with Crippen LogP contribution in [-0.4, -0.2) is 35.7 Å². The largest absolute Gasteiger partial charge is 0.306 e. The maximum atomic E-state index is 12.4. The van der Waals surface area contributed by atoms with E-state index in [9.17, 15) is 8.42 Å². The highest BCUT2D eigenvalue weighted by Gasteiger charge is 2.28. The number of pyridine rings is 1. The van der Waals surface area contributed by atoms with Crippen molar-refractivity contribution in [1.82, 2.24) is 13.7 Å². The minimum Gasteiger partial charge on any atom is -0.306 e. The Morgan fingerprint density at radius 3 is 2.83 bits per heavy atom. The van der Waals surface area contributed by atoms with Crippen molar-refractivity contribution < 1.29 is 8.42 Å². The van der Waals surface area contributed by atoms with Gasteiger partial charge in [0, 0.05) is 19.8 Å². The number of rotatable bonds is 4. The van der Waals surface area contributed by atoms with Crippen LogP contribution in [-0.2, 0) is 10.0 Å². The fourth-order valence-electron chi connectivity index (χ4n) is 1.63. The first-order chi connectivity index (χ1) is 8.52. The van der Waals surface area contributed by atoms with E-state index in [1.165, 1.54) is 15.8 Å². The molecule has 3 N–H and O–H groups in total. The zero-order valence-corrected chi connectivity index (χ0v) is 11.0. The molecule has 8 heteroatoms. The summed E-state index contributed by atoms with van der Waals surface area (Å²) in [4.78, 5) is 4.14. The molecule has 0 saturated heterocycles. The quantitative estimate of drug-likeness (QED) is 0.613. The second-order valence-electron chi connectivity index (χ2n) is 3.76. The summed E-state index contributed by atoms with van der Waals surface area (Å²) in [5.74, 6) is 5.48. The van der Waals surface area contributed by atoms with E-state index in [0.29, 0.717) is 12.2 Å². The van der Waals surface area contributed by atoms with Crippen molar-refractivity contribution in [2.45, 2.75) is 11.9 Å². The maximum Gasteiger partial charge on any atom is 0.262 e. The van der Waals surface area contributed by atoms with E-state index in [0.717, 1.165) is 0 Å². The molecule has 0 unspecified atom stereocenters. The number of hydrogen-bond donors (Lipinski definition) is 2. The van der Waals surface area contributed by atoms with Crippen LogP contribution in [0.15, 0.2) is 29.4 Å². The van der Waals surface area contributed by atoms with Crippen molar-refractivity contribution >= 4 is 21.5 Å². The predicted octanol–water partition coefficient (Wildman–Crippen LogP) is 0.260. The monoisotopic (exact) mass is 269 g/mol. The summed E-state index contributed by atoms with van der Waals surface area (Å²) in [5.41, 5.74) is 2.85. The number of sulfonamides is 1. The molecule has 0 spiro atoms. The minimum atomic E-state index is -3.62. The highest BCUT2D eigenvalue weighted by Crippen LogP contribution is 2.24. The van der Waals surface area contributed by atoms with Crippen LogP contribution in [0.5, 0.6) is 0 Å². The number of fused-ring (bicyclic) bond motifs is 1. The Morgan fingerprint density at radius 1 is 1.50 bits per heavy atom. The molecule has 0 amide bonds. The summed E-state index contributed by atoms with van der Waals surface area (Å²) < 4.78 is 27.5. The molecule has 0 aromatic carbocycles. The van der Waals surface area contributed by atoms with Crippen molar-refractivity contribution in [2.75, 3.05) is 19.0 Å². The predicted molar refractivity (Wildman–Crippen MR) is 68.5 cm³/mol. The van der Waals surface area contributed by atoms with Crippen molar-refractivity contribution in [2.24, 2.45) is 5.84 Å². The number of hydrazine groups is 1. The molecule has 0 aliphatic heterocycles. The molecule has 0 atom stereocenters. The van der Waals surface area contributed by atoms with Crippen molar-refractivity contribution in [3.8, 4) is 0 Å². The number of nitrogen functional groups attached to an aromatic ring is 1. The van der Waals surface area contributed by atoms with E-state index >= 15 is 0 Å². The van der Waals surface area contributed by atoms with Gasteiger partial charge >= 0.3 is 0 Å². The molecule has 0 saturated carbocycles. The summed E-state index contributed by atoms with van der Waals surface area (Å²) in [6.45, 7) is 2.13. The second-order valence-corrected chi connectivity index (χ2v) is 5.72. The molecule has 18 heavy (non-hydrogen) atoms. The van der Waals surface area contributed by atoms with Crippen LogP contribution in [0.3, 0.4) is 0 Å². The average molecular weight is 269 g/mol. The first-order valence-corrected chi connectivity index (χ1v) is 6.86. The molecule has 2 heterocycles. The fraction of sp³-hybridized carbons (Fsp3) is 0.300. The second kappa shape index (κ2) is 4.56. The molecule has 0 aliphatic rings.